The van der Waals surface area contributed by atoms with E-state index in [1.165, 1.54) is 0 Å². The summed E-state index contributed by atoms with van der Waals surface area (Å²) in [6.45, 7) is 13.2. The van der Waals surface area contributed by atoms with E-state index in [2.05, 4.69) is 22.0 Å². The Bertz CT molecular complexity index is 484. The van der Waals surface area contributed by atoms with Crippen LogP contribution in [-0.4, -0.2) is 52.0 Å². The molecule has 1 amide bonds. The number of carbonyl (C=O) groups is 1. The molecule has 118 valence electrons. The molecule has 1 saturated heterocycles. The highest BCUT2D eigenvalue weighted by Gasteiger charge is 2.32. The lowest BCUT2D eigenvalue weighted by molar-refractivity contribution is -0.141. The average molecular weight is 294 g/mol. The van der Waals surface area contributed by atoms with Gasteiger partial charge in [0.2, 0.25) is 11.8 Å². The summed E-state index contributed by atoms with van der Waals surface area (Å²) in [4.78, 5) is 20.9. The Morgan fingerprint density at radius 1 is 1.29 bits per heavy atom. The third-order valence-corrected chi connectivity index (χ3v) is 3.95. The van der Waals surface area contributed by atoms with Crippen molar-refractivity contribution in [1.29, 1.82) is 0 Å². The van der Waals surface area contributed by atoms with E-state index < -0.39 is 0 Å². The van der Waals surface area contributed by atoms with Gasteiger partial charge in [0.25, 0.3) is 0 Å². The lowest BCUT2D eigenvalue weighted by Crippen LogP contribution is -2.52. The van der Waals surface area contributed by atoms with Crippen molar-refractivity contribution < 1.29 is 9.32 Å². The zero-order chi connectivity index (χ0) is 15.6. The summed E-state index contributed by atoms with van der Waals surface area (Å²) >= 11 is 0. The van der Waals surface area contributed by atoms with Crippen LogP contribution in [0.4, 0.5) is 0 Å². The molecular formula is C15H26N4O2. The molecule has 1 aromatic rings. The van der Waals surface area contributed by atoms with Crippen LogP contribution in [0.15, 0.2) is 4.52 Å². The van der Waals surface area contributed by atoms with Crippen LogP contribution in [0.2, 0.25) is 0 Å². The molecule has 0 spiro atoms. The van der Waals surface area contributed by atoms with E-state index in [-0.39, 0.29) is 17.4 Å². The van der Waals surface area contributed by atoms with Crippen molar-refractivity contribution in [3.8, 4) is 0 Å². The van der Waals surface area contributed by atoms with Crippen LogP contribution in [0, 0.1) is 5.41 Å². The molecule has 0 saturated carbocycles. The number of carbonyl (C=O) groups excluding carboxylic acids is 1. The Hall–Kier alpha value is -1.43. The van der Waals surface area contributed by atoms with E-state index in [0.717, 1.165) is 38.4 Å². The zero-order valence-corrected chi connectivity index (χ0v) is 13.7. The summed E-state index contributed by atoms with van der Waals surface area (Å²) < 4.78 is 5.32. The van der Waals surface area contributed by atoms with Crippen LogP contribution in [0.3, 0.4) is 0 Å². The molecule has 0 N–H and O–H groups in total. The second kappa shape index (κ2) is 6.13. The Morgan fingerprint density at radius 2 is 1.90 bits per heavy atom. The van der Waals surface area contributed by atoms with Crippen molar-refractivity contribution in [1.82, 2.24) is 19.9 Å². The number of aryl methyl sites for hydroxylation is 1. The highest BCUT2D eigenvalue weighted by molar-refractivity contribution is 5.81. The monoisotopic (exact) mass is 294 g/mol. The highest BCUT2D eigenvalue weighted by atomic mass is 16.5. The predicted molar refractivity (Wildman–Crippen MR) is 79.7 cm³/mol. The normalized spacial score (nSPS) is 18.8. The van der Waals surface area contributed by atoms with E-state index in [1.807, 2.05) is 32.6 Å². The fourth-order valence-corrected chi connectivity index (χ4v) is 2.52. The van der Waals surface area contributed by atoms with Gasteiger partial charge in [-0.1, -0.05) is 32.9 Å². The van der Waals surface area contributed by atoms with Gasteiger partial charge in [-0.3, -0.25) is 9.69 Å². The smallest absolute Gasteiger partial charge is 0.243 e. The largest absolute Gasteiger partial charge is 0.340 e. The summed E-state index contributed by atoms with van der Waals surface area (Å²) in [5.74, 6) is 1.64. The number of piperazine rings is 1. The van der Waals surface area contributed by atoms with Gasteiger partial charge >= 0.3 is 0 Å². The second-order valence-electron chi connectivity index (χ2n) is 6.66. The molecule has 0 bridgehead atoms. The number of nitrogens with zero attached hydrogens (tertiary/aromatic N) is 4. The van der Waals surface area contributed by atoms with E-state index in [4.69, 9.17) is 4.52 Å². The first-order chi connectivity index (χ1) is 9.82. The summed E-state index contributed by atoms with van der Waals surface area (Å²) in [5, 5.41) is 3.95. The van der Waals surface area contributed by atoms with Crippen molar-refractivity contribution >= 4 is 5.91 Å². The average Bonchev–Trinajstić information content (AvgIpc) is 2.94. The SMILES string of the molecule is CCc1noc(C(C)N2CCN(C(=O)C(C)(C)C)CC2)n1. The molecule has 6 heteroatoms. The summed E-state index contributed by atoms with van der Waals surface area (Å²) in [6.07, 6.45) is 0.782. The van der Waals surface area contributed by atoms with Crippen LogP contribution in [-0.2, 0) is 11.2 Å². The minimum Gasteiger partial charge on any atom is -0.340 e. The van der Waals surface area contributed by atoms with E-state index >= 15 is 0 Å². The number of amides is 1. The van der Waals surface area contributed by atoms with Gasteiger partial charge in [0.15, 0.2) is 5.82 Å². The molecule has 0 radical (unpaired) electrons. The van der Waals surface area contributed by atoms with Crippen molar-refractivity contribution in [2.75, 3.05) is 26.2 Å². The molecule has 2 heterocycles. The molecule has 1 aliphatic rings. The third-order valence-electron chi connectivity index (χ3n) is 3.95. The van der Waals surface area contributed by atoms with Gasteiger partial charge < -0.3 is 9.42 Å². The lowest BCUT2D eigenvalue weighted by atomic mass is 9.94. The van der Waals surface area contributed by atoms with Gasteiger partial charge in [0.1, 0.15) is 0 Å². The van der Waals surface area contributed by atoms with Crippen molar-refractivity contribution in [3.63, 3.8) is 0 Å². The van der Waals surface area contributed by atoms with Gasteiger partial charge in [-0.25, -0.2) is 0 Å². The molecular weight excluding hydrogens is 268 g/mol. The Labute approximate surface area is 126 Å². The summed E-state index contributed by atoms with van der Waals surface area (Å²) in [7, 11) is 0. The van der Waals surface area contributed by atoms with E-state index in [0.29, 0.717) is 5.89 Å². The van der Waals surface area contributed by atoms with Gasteiger partial charge in [-0.15, -0.1) is 0 Å². The van der Waals surface area contributed by atoms with Gasteiger partial charge in [0, 0.05) is 38.0 Å². The number of hydrogen-bond acceptors (Lipinski definition) is 5. The second-order valence-corrected chi connectivity index (χ2v) is 6.66. The highest BCUT2D eigenvalue weighted by Crippen LogP contribution is 2.23. The van der Waals surface area contributed by atoms with Crippen molar-refractivity contribution in [3.05, 3.63) is 11.7 Å². The maximum absolute atomic E-state index is 12.3. The zero-order valence-electron chi connectivity index (χ0n) is 13.7. The van der Waals surface area contributed by atoms with E-state index in [1.54, 1.807) is 0 Å². The molecule has 1 unspecified atom stereocenters. The van der Waals surface area contributed by atoms with Crippen LogP contribution < -0.4 is 0 Å². The van der Waals surface area contributed by atoms with Gasteiger partial charge in [-0.05, 0) is 6.92 Å². The Kier molecular flexibility index (Phi) is 4.66. The first-order valence-corrected chi connectivity index (χ1v) is 7.69. The van der Waals surface area contributed by atoms with E-state index in [9.17, 15) is 4.79 Å². The topological polar surface area (TPSA) is 62.5 Å². The summed E-state index contributed by atoms with van der Waals surface area (Å²) in [6, 6.07) is 0.102. The van der Waals surface area contributed by atoms with Crippen molar-refractivity contribution in [2.24, 2.45) is 5.41 Å². The van der Waals surface area contributed by atoms with Crippen LogP contribution >= 0.6 is 0 Å². The fourth-order valence-electron chi connectivity index (χ4n) is 2.52. The number of rotatable bonds is 3. The molecule has 0 aliphatic carbocycles. The quantitative estimate of drug-likeness (QED) is 0.852. The molecule has 0 aromatic carbocycles. The first-order valence-electron chi connectivity index (χ1n) is 7.69. The number of aromatic nitrogens is 2. The molecule has 1 aliphatic heterocycles. The van der Waals surface area contributed by atoms with Crippen molar-refractivity contribution in [2.45, 2.75) is 47.1 Å². The minimum absolute atomic E-state index is 0.102. The number of hydrogen-bond donors (Lipinski definition) is 0. The molecule has 2 rings (SSSR count). The summed E-state index contributed by atoms with van der Waals surface area (Å²) in [5.41, 5.74) is -0.309. The van der Waals surface area contributed by atoms with Crippen LogP contribution in [0.5, 0.6) is 0 Å². The molecule has 1 atom stereocenters. The van der Waals surface area contributed by atoms with Gasteiger partial charge in [-0.2, -0.15) is 4.98 Å². The standard InChI is InChI=1S/C15H26N4O2/c1-6-12-16-13(21-17-12)11(2)18-7-9-19(10-8-18)14(20)15(3,4)5/h11H,6-10H2,1-5H3. The lowest BCUT2D eigenvalue weighted by Gasteiger charge is -2.39. The molecule has 6 nitrogen and oxygen atoms in total. The maximum Gasteiger partial charge on any atom is 0.243 e. The van der Waals surface area contributed by atoms with Crippen LogP contribution in [0.1, 0.15) is 52.4 Å². The molecule has 1 fully saturated rings. The first kappa shape index (κ1) is 15.9. The predicted octanol–water partition coefficient (Wildman–Crippen LogP) is 1.88. The molecule has 1 aromatic heterocycles. The third kappa shape index (κ3) is 3.61. The van der Waals surface area contributed by atoms with Crippen LogP contribution in [0.25, 0.3) is 0 Å². The Morgan fingerprint density at radius 3 is 2.38 bits per heavy atom. The fraction of sp³-hybridized carbons (Fsp3) is 0.800. The van der Waals surface area contributed by atoms with Gasteiger partial charge in [0.05, 0.1) is 6.04 Å². The maximum atomic E-state index is 12.3. The minimum atomic E-state index is -0.309. The Balaban J connectivity index is 1.93. The molecule has 21 heavy (non-hydrogen) atoms.